The number of nitrogens with zero attached hydrogens (tertiary/aromatic N) is 1. The molecule has 2 rings (SSSR count). The maximum Gasteiger partial charge on any atom is 0.0613 e. The van der Waals surface area contributed by atoms with Gasteiger partial charge in [0.05, 0.1) is 10.0 Å². The molecule has 118 valence electrons. The van der Waals surface area contributed by atoms with Gasteiger partial charge in [0, 0.05) is 24.2 Å². The van der Waals surface area contributed by atoms with E-state index in [-0.39, 0.29) is 16.2 Å². The first-order valence-corrected chi connectivity index (χ1v) is 8.46. The van der Waals surface area contributed by atoms with Gasteiger partial charge in [0.25, 0.3) is 0 Å². The van der Waals surface area contributed by atoms with Gasteiger partial charge in [0.15, 0.2) is 0 Å². The van der Waals surface area contributed by atoms with Crippen molar-refractivity contribution in [3.63, 3.8) is 0 Å². The van der Waals surface area contributed by atoms with E-state index in [4.69, 9.17) is 23.2 Å². The van der Waals surface area contributed by atoms with Crippen LogP contribution in [0.2, 0.25) is 10.0 Å². The molecule has 1 nitrogen and oxygen atoms in total. The molecule has 21 heavy (non-hydrogen) atoms. The first-order chi connectivity index (χ1) is 9.45. The number of benzene rings is 1. The van der Waals surface area contributed by atoms with Crippen LogP contribution in [-0.4, -0.2) is 13.1 Å². The molecule has 0 spiro atoms. The van der Waals surface area contributed by atoms with Crippen molar-refractivity contribution in [3.05, 3.63) is 27.7 Å². The maximum atomic E-state index is 6.36. The molecule has 0 N–H and O–H groups in total. The zero-order chi connectivity index (χ0) is 16.2. The summed E-state index contributed by atoms with van der Waals surface area (Å²) in [7, 11) is 0. The summed E-state index contributed by atoms with van der Waals surface area (Å²) >= 11 is 12.6. The third kappa shape index (κ3) is 2.37. The lowest BCUT2D eigenvalue weighted by atomic mass is 9.52. The van der Waals surface area contributed by atoms with E-state index in [0.717, 1.165) is 13.1 Å². The number of hydrogen-bond donors (Lipinski definition) is 0. The van der Waals surface area contributed by atoms with Gasteiger partial charge in [-0.2, -0.15) is 0 Å². The molecule has 0 radical (unpaired) electrons. The first kappa shape index (κ1) is 17.0. The van der Waals surface area contributed by atoms with Crippen molar-refractivity contribution in [2.24, 2.45) is 10.8 Å². The maximum absolute atomic E-state index is 6.36. The van der Waals surface area contributed by atoms with Crippen LogP contribution in [0.4, 0.5) is 5.69 Å². The molecule has 0 aliphatic carbocycles. The summed E-state index contributed by atoms with van der Waals surface area (Å²) in [6.45, 7) is 18.2. The Morgan fingerprint density at radius 1 is 1.00 bits per heavy atom. The summed E-state index contributed by atoms with van der Waals surface area (Å²) in [5.41, 5.74) is 2.89. The third-order valence-electron chi connectivity index (χ3n) is 5.21. The van der Waals surface area contributed by atoms with Crippen LogP contribution in [0.5, 0.6) is 0 Å². The van der Waals surface area contributed by atoms with Crippen LogP contribution < -0.4 is 4.90 Å². The van der Waals surface area contributed by atoms with Crippen LogP contribution in [0.15, 0.2) is 12.1 Å². The topological polar surface area (TPSA) is 3.24 Å². The minimum atomic E-state index is 0.0412. The van der Waals surface area contributed by atoms with E-state index in [0.29, 0.717) is 10.0 Å². The van der Waals surface area contributed by atoms with E-state index in [2.05, 4.69) is 59.4 Å². The Morgan fingerprint density at radius 2 is 1.48 bits per heavy atom. The van der Waals surface area contributed by atoms with Crippen LogP contribution in [0.3, 0.4) is 0 Å². The molecule has 1 aromatic rings. The summed E-state index contributed by atoms with van der Waals surface area (Å²) in [5.74, 6) is 0. The van der Waals surface area contributed by atoms with Crippen LogP contribution in [0.25, 0.3) is 0 Å². The minimum absolute atomic E-state index is 0.0412. The Kier molecular flexibility index (Phi) is 4.09. The highest BCUT2D eigenvalue weighted by Crippen LogP contribution is 2.60. The lowest BCUT2D eigenvalue weighted by Crippen LogP contribution is -2.53. The molecule has 1 aliphatic rings. The molecule has 0 unspecified atom stereocenters. The molecule has 0 atom stereocenters. The molecule has 0 amide bonds. The molecular formula is C18H27Cl2N. The molecule has 0 saturated heterocycles. The fourth-order valence-electron chi connectivity index (χ4n) is 4.29. The lowest BCUT2D eigenvalue weighted by Gasteiger charge is -2.52. The highest BCUT2D eigenvalue weighted by Gasteiger charge is 2.56. The molecular weight excluding hydrogens is 301 g/mol. The van der Waals surface area contributed by atoms with Gasteiger partial charge in [-0.3, -0.25) is 0 Å². The van der Waals surface area contributed by atoms with Crippen molar-refractivity contribution in [2.75, 3.05) is 18.0 Å². The second-order valence-electron chi connectivity index (χ2n) is 8.20. The van der Waals surface area contributed by atoms with E-state index in [9.17, 15) is 0 Å². The Balaban J connectivity index is 2.81. The van der Waals surface area contributed by atoms with Crippen molar-refractivity contribution in [1.82, 2.24) is 0 Å². The number of hydrogen-bond acceptors (Lipinski definition) is 1. The van der Waals surface area contributed by atoms with E-state index in [1.807, 2.05) is 6.07 Å². The summed E-state index contributed by atoms with van der Waals surface area (Å²) < 4.78 is 0. The monoisotopic (exact) mass is 327 g/mol. The van der Waals surface area contributed by atoms with Gasteiger partial charge in [0.1, 0.15) is 0 Å². The van der Waals surface area contributed by atoms with Gasteiger partial charge in [-0.15, -0.1) is 0 Å². The van der Waals surface area contributed by atoms with Crippen LogP contribution in [0, 0.1) is 10.8 Å². The number of rotatable bonds is 1. The summed E-state index contributed by atoms with van der Waals surface area (Å²) in [5, 5.41) is 1.30. The van der Waals surface area contributed by atoms with Gasteiger partial charge < -0.3 is 4.90 Å². The molecule has 1 heterocycles. The molecule has 0 fully saturated rings. The van der Waals surface area contributed by atoms with E-state index in [1.165, 1.54) is 11.3 Å². The van der Waals surface area contributed by atoms with Crippen LogP contribution in [-0.2, 0) is 5.41 Å². The van der Waals surface area contributed by atoms with Crippen molar-refractivity contribution in [2.45, 2.75) is 53.9 Å². The second-order valence-corrected chi connectivity index (χ2v) is 9.02. The van der Waals surface area contributed by atoms with Gasteiger partial charge in [-0.1, -0.05) is 64.7 Å². The smallest absolute Gasteiger partial charge is 0.0613 e. The van der Waals surface area contributed by atoms with Crippen LogP contribution in [0.1, 0.15) is 54.0 Å². The van der Waals surface area contributed by atoms with E-state index in [1.54, 1.807) is 0 Å². The summed E-state index contributed by atoms with van der Waals surface area (Å²) in [6.07, 6.45) is 0. The third-order valence-corrected chi connectivity index (χ3v) is 5.93. The normalized spacial score (nSPS) is 18.0. The Morgan fingerprint density at radius 3 is 1.90 bits per heavy atom. The number of anilines is 1. The van der Waals surface area contributed by atoms with E-state index < -0.39 is 0 Å². The highest BCUT2D eigenvalue weighted by atomic mass is 35.5. The fraction of sp³-hybridized carbons (Fsp3) is 0.667. The second kappa shape index (κ2) is 5.06. The van der Waals surface area contributed by atoms with Gasteiger partial charge in [-0.05, 0) is 35.4 Å². The number of halogens is 2. The van der Waals surface area contributed by atoms with Gasteiger partial charge in [0.2, 0.25) is 0 Å². The average Bonchev–Trinajstić information content (AvgIpc) is 2.63. The largest absolute Gasteiger partial charge is 0.371 e. The first-order valence-electron chi connectivity index (χ1n) is 7.70. The van der Waals surface area contributed by atoms with Crippen molar-refractivity contribution >= 4 is 28.9 Å². The molecule has 3 heteroatoms. The molecule has 0 aromatic heterocycles. The van der Waals surface area contributed by atoms with Crippen molar-refractivity contribution in [3.8, 4) is 0 Å². The van der Waals surface area contributed by atoms with Crippen LogP contribution >= 0.6 is 23.2 Å². The quantitative estimate of drug-likeness (QED) is 0.596. The van der Waals surface area contributed by atoms with Crippen molar-refractivity contribution < 1.29 is 0 Å². The fourth-order valence-corrected chi connectivity index (χ4v) is 4.61. The highest BCUT2D eigenvalue weighted by molar-refractivity contribution is 6.42. The number of fused-ring (bicyclic) bond motifs is 1. The molecule has 1 aromatic carbocycles. The summed E-state index contributed by atoms with van der Waals surface area (Å²) in [6, 6.07) is 4.15. The molecule has 0 saturated carbocycles. The zero-order valence-corrected chi connectivity index (χ0v) is 15.8. The predicted octanol–water partition coefficient (Wildman–Crippen LogP) is 6.16. The number of likely N-dealkylation sites (N-methyl/N-ethyl adjacent to an activating group) is 1. The van der Waals surface area contributed by atoms with Gasteiger partial charge >= 0.3 is 0 Å². The summed E-state index contributed by atoms with van der Waals surface area (Å²) in [4.78, 5) is 2.44. The standard InChI is InChI=1S/C18H27Cl2N/c1-8-21-11-18(16(2,3)4,17(5,6)7)12-9-13(19)14(20)10-15(12)21/h9-10H,8,11H2,1-7H3. The SMILES string of the molecule is CCN1CC(C(C)(C)C)(C(C)(C)C)c2cc(Cl)c(Cl)cc21. The predicted molar refractivity (Wildman–Crippen MR) is 94.9 cm³/mol. The van der Waals surface area contributed by atoms with E-state index >= 15 is 0 Å². The minimum Gasteiger partial charge on any atom is -0.371 e. The zero-order valence-electron chi connectivity index (χ0n) is 14.3. The average molecular weight is 328 g/mol. The molecule has 1 aliphatic heterocycles. The Hall–Kier alpha value is -0.400. The lowest BCUT2D eigenvalue weighted by molar-refractivity contribution is 0.0662. The Labute approximate surface area is 139 Å². The van der Waals surface area contributed by atoms with Crippen molar-refractivity contribution in [1.29, 1.82) is 0 Å². The Bertz CT molecular complexity index is 536. The van der Waals surface area contributed by atoms with Gasteiger partial charge in [-0.25, -0.2) is 0 Å². The molecule has 0 bridgehead atoms.